The van der Waals surface area contributed by atoms with Gasteiger partial charge in [-0.25, -0.2) is 0 Å². The zero-order valence-corrected chi connectivity index (χ0v) is 12.0. The maximum Gasteiger partial charge on any atom is 0.0207 e. The van der Waals surface area contributed by atoms with Gasteiger partial charge >= 0.3 is 0 Å². The normalized spacial score (nSPS) is 12.4. The lowest BCUT2D eigenvalue weighted by molar-refractivity contribution is 0.255. The molecule has 0 aliphatic carbocycles. The van der Waals surface area contributed by atoms with Gasteiger partial charge in [-0.2, -0.15) is 0 Å². The summed E-state index contributed by atoms with van der Waals surface area (Å²) in [5, 5.41) is 0. The fourth-order valence-electron chi connectivity index (χ4n) is 1.88. The van der Waals surface area contributed by atoms with Crippen LogP contribution in [0.4, 0.5) is 0 Å². The van der Waals surface area contributed by atoms with E-state index >= 15 is 0 Å². The standard InChI is InChI=1S/C15H20BrN/c1-4-10-17(11-5-2)13(3)12-14-8-6-7-9-15(14)16/h4-9,13H,1-2,10-12H2,3H3. The van der Waals surface area contributed by atoms with E-state index in [0.29, 0.717) is 6.04 Å². The van der Waals surface area contributed by atoms with E-state index in [1.807, 2.05) is 18.2 Å². The molecule has 1 nitrogen and oxygen atoms in total. The second kappa shape index (κ2) is 7.46. The van der Waals surface area contributed by atoms with Crippen molar-refractivity contribution in [3.05, 3.63) is 59.6 Å². The Morgan fingerprint density at radius 2 is 1.82 bits per heavy atom. The molecule has 0 bridgehead atoms. The van der Waals surface area contributed by atoms with Crippen LogP contribution in [-0.2, 0) is 6.42 Å². The van der Waals surface area contributed by atoms with Crippen LogP contribution in [0.5, 0.6) is 0 Å². The largest absolute Gasteiger partial charge is 0.293 e. The topological polar surface area (TPSA) is 3.24 Å². The highest BCUT2D eigenvalue weighted by atomic mass is 79.9. The van der Waals surface area contributed by atoms with Gasteiger partial charge in [0.25, 0.3) is 0 Å². The van der Waals surface area contributed by atoms with Gasteiger partial charge in [-0.05, 0) is 25.0 Å². The van der Waals surface area contributed by atoms with Crippen LogP contribution in [0.3, 0.4) is 0 Å². The summed E-state index contributed by atoms with van der Waals surface area (Å²) in [6.07, 6.45) is 4.92. The van der Waals surface area contributed by atoms with Crippen LogP contribution in [-0.4, -0.2) is 24.0 Å². The molecule has 92 valence electrons. The molecule has 1 aromatic rings. The highest BCUT2D eigenvalue weighted by Gasteiger charge is 2.12. The Kier molecular flexibility index (Phi) is 6.23. The van der Waals surface area contributed by atoms with E-state index in [1.54, 1.807) is 0 Å². The average Bonchev–Trinajstić information content (AvgIpc) is 2.32. The lowest BCUT2D eigenvalue weighted by Crippen LogP contribution is -2.35. The summed E-state index contributed by atoms with van der Waals surface area (Å²) in [6, 6.07) is 8.86. The van der Waals surface area contributed by atoms with Gasteiger partial charge in [0.1, 0.15) is 0 Å². The van der Waals surface area contributed by atoms with Crippen LogP contribution in [0.25, 0.3) is 0 Å². The van der Waals surface area contributed by atoms with Gasteiger partial charge in [0.2, 0.25) is 0 Å². The van der Waals surface area contributed by atoms with Gasteiger partial charge in [0.15, 0.2) is 0 Å². The monoisotopic (exact) mass is 293 g/mol. The van der Waals surface area contributed by atoms with E-state index in [2.05, 4.69) is 59.1 Å². The summed E-state index contributed by atoms with van der Waals surface area (Å²) in [5.41, 5.74) is 1.35. The predicted molar refractivity (Wildman–Crippen MR) is 79.3 cm³/mol. The summed E-state index contributed by atoms with van der Waals surface area (Å²) < 4.78 is 1.18. The molecule has 0 N–H and O–H groups in total. The van der Waals surface area contributed by atoms with Crippen LogP contribution in [0.1, 0.15) is 12.5 Å². The van der Waals surface area contributed by atoms with Gasteiger partial charge in [0, 0.05) is 23.6 Å². The molecule has 17 heavy (non-hydrogen) atoms. The Balaban J connectivity index is 2.68. The summed E-state index contributed by atoms with van der Waals surface area (Å²) in [6.45, 7) is 11.7. The van der Waals surface area contributed by atoms with Crippen molar-refractivity contribution >= 4 is 15.9 Å². The van der Waals surface area contributed by atoms with E-state index in [0.717, 1.165) is 19.5 Å². The summed E-state index contributed by atoms with van der Waals surface area (Å²) in [5.74, 6) is 0. The molecule has 0 spiro atoms. The van der Waals surface area contributed by atoms with Crippen LogP contribution >= 0.6 is 15.9 Å². The molecular formula is C15H20BrN. The van der Waals surface area contributed by atoms with E-state index < -0.39 is 0 Å². The first-order valence-corrected chi connectivity index (χ1v) is 6.67. The second-order valence-corrected chi connectivity index (χ2v) is 5.03. The third-order valence-corrected chi connectivity index (χ3v) is 3.60. The first-order chi connectivity index (χ1) is 8.19. The van der Waals surface area contributed by atoms with Gasteiger partial charge in [0.05, 0.1) is 0 Å². The van der Waals surface area contributed by atoms with E-state index in [-0.39, 0.29) is 0 Å². The molecule has 0 saturated carbocycles. The van der Waals surface area contributed by atoms with E-state index in [9.17, 15) is 0 Å². The number of halogens is 1. The molecular weight excluding hydrogens is 274 g/mol. The molecule has 0 saturated heterocycles. The highest BCUT2D eigenvalue weighted by Crippen LogP contribution is 2.19. The first kappa shape index (κ1) is 14.2. The fourth-order valence-corrected chi connectivity index (χ4v) is 2.32. The molecule has 0 radical (unpaired) electrons. The summed E-state index contributed by atoms with van der Waals surface area (Å²) >= 11 is 3.59. The van der Waals surface area contributed by atoms with Gasteiger partial charge in [-0.3, -0.25) is 4.90 Å². The zero-order chi connectivity index (χ0) is 12.7. The third-order valence-electron chi connectivity index (χ3n) is 2.82. The molecule has 0 aromatic heterocycles. The molecule has 1 aromatic carbocycles. The fraction of sp³-hybridized carbons (Fsp3) is 0.333. The van der Waals surface area contributed by atoms with Crippen molar-refractivity contribution in [1.29, 1.82) is 0 Å². The molecule has 1 atom stereocenters. The van der Waals surface area contributed by atoms with E-state index in [4.69, 9.17) is 0 Å². The van der Waals surface area contributed by atoms with Crippen molar-refractivity contribution in [1.82, 2.24) is 4.90 Å². The Hall–Kier alpha value is -0.860. The molecule has 0 fully saturated rings. The smallest absolute Gasteiger partial charge is 0.0207 e. The van der Waals surface area contributed by atoms with Crippen molar-refractivity contribution in [2.75, 3.05) is 13.1 Å². The highest BCUT2D eigenvalue weighted by molar-refractivity contribution is 9.10. The molecule has 0 amide bonds. The summed E-state index contributed by atoms with van der Waals surface area (Å²) in [4.78, 5) is 2.36. The average molecular weight is 294 g/mol. The van der Waals surface area contributed by atoms with Gasteiger partial charge in [-0.15, -0.1) is 13.2 Å². The van der Waals surface area contributed by atoms with Crippen LogP contribution in [0.2, 0.25) is 0 Å². The maximum atomic E-state index is 3.80. The SMILES string of the molecule is C=CCN(CC=C)C(C)Cc1ccccc1Br. The quantitative estimate of drug-likeness (QED) is 0.686. The van der Waals surface area contributed by atoms with Crippen molar-refractivity contribution < 1.29 is 0 Å². The van der Waals surface area contributed by atoms with Crippen LogP contribution in [0.15, 0.2) is 54.0 Å². The Morgan fingerprint density at radius 1 is 1.24 bits per heavy atom. The molecule has 0 aliphatic heterocycles. The molecule has 1 unspecified atom stereocenters. The lowest BCUT2D eigenvalue weighted by Gasteiger charge is -2.27. The van der Waals surface area contributed by atoms with Crippen molar-refractivity contribution in [2.45, 2.75) is 19.4 Å². The number of hydrogen-bond donors (Lipinski definition) is 0. The molecule has 0 heterocycles. The molecule has 0 aliphatic rings. The van der Waals surface area contributed by atoms with Crippen molar-refractivity contribution in [3.8, 4) is 0 Å². The predicted octanol–water partition coefficient (Wildman–Crippen LogP) is 4.05. The second-order valence-electron chi connectivity index (χ2n) is 4.18. The Labute approximate surface area is 113 Å². The van der Waals surface area contributed by atoms with Crippen LogP contribution in [0, 0.1) is 0 Å². The molecule has 2 heteroatoms. The minimum atomic E-state index is 0.477. The van der Waals surface area contributed by atoms with Gasteiger partial charge < -0.3 is 0 Å². The Morgan fingerprint density at radius 3 is 2.35 bits per heavy atom. The summed E-state index contributed by atoms with van der Waals surface area (Å²) in [7, 11) is 0. The van der Waals surface area contributed by atoms with Gasteiger partial charge in [-0.1, -0.05) is 46.3 Å². The minimum absolute atomic E-state index is 0.477. The molecule has 1 rings (SSSR count). The minimum Gasteiger partial charge on any atom is -0.293 e. The number of benzene rings is 1. The van der Waals surface area contributed by atoms with Crippen molar-refractivity contribution in [3.63, 3.8) is 0 Å². The lowest BCUT2D eigenvalue weighted by atomic mass is 10.1. The van der Waals surface area contributed by atoms with Crippen LogP contribution < -0.4 is 0 Å². The number of rotatable bonds is 7. The third kappa shape index (κ3) is 4.49. The first-order valence-electron chi connectivity index (χ1n) is 5.88. The van der Waals surface area contributed by atoms with E-state index in [1.165, 1.54) is 10.0 Å². The number of nitrogens with zero attached hydrogens (tertiary/aromatic N) is 1. The zero-order valence-electron chi connectivity index (χ0n) is 10.4. The number of hydrogen-bond acceptors (Lipinski definition) is 1. The Bertz CT molecular complexity index is 363. The van der Waals surface area contributed by atoms with Crippen molar-refractivity contribution in [2.24, 2.45) is 0 Å². The maximum absolute atomic E-state index is 3.80.